The number of hydrogen-bond donors (Lipinski definition) is 1. The van der Waals surface area contributed by atoms with Crippen LogP contribution < -0.4 is 10.1 Å². The Morgan fingerprint density at radius 2 is 2.04 bits per heavy atom. The summed E-state index contributed by atoms with van der Waals surface area (Å²) in [6, 6.07) is 7.49. The van der Waals surface area contributed by atoms with Crippen LogP contribution in [0.15, 0.2) is 18.2 Å². The normalized spacial score (nSPS) is 33.8. The van der Waals surface area contributed by atoms with Gasteiger partial charge in [0.25, 0.3) is 0 Å². The first kappa shape index (κ1) is 14.3. The van der Waals surface area contributed by atoms with Crippen molar-refractivity contribution in [3.8, 4) is 5.75 Å². The third-order valence-corrected chi connectivity index (χ3v) is 6.59. The molecule has 2 saturated heterocycles. The summed E-state index contributed by atoms with van der Waals surface area (Å²) in [6.07, 6.45) is 6.25. The number of fused-ring (bicyclic) bond motifs is 1. The number of hydrogen-bond acceptors (Lipinski definition) is 3. The van der Waals surface area contributed by atoms with Gasteiger partial charge in [0.05, 0.1) is 0 Å². The molecular formula is C20H28N2O. The quantitative estimate of drug-likeness (QED) is 0.862. The standard InChI is InChI=1S/C20H28N2O/c1-14-3-5-17(21-9-14)15-4-6-18-16(7-15)8-20(23-18)10-19(11-20)12-22(2)13-19/h4,6-7,14,17,21H,3,5,8-13H2,1-2H3/t14-,17?/m0/s1. The van der Waals surface area contributed by atoms with Gasteiger partial charge < -0.3 is 15.0 Å². The molecule has 3 aliphatic heterocycles. The maximum absolute atomic E-state index is 6.42. The Balaban J connectivity index is 1.30. The molecule has 3 fully saturated rings. The third kappa shape index (κ3) is 2.24. The van der Waals surface area contributed by atoms with E-state index < -0.39 is 0 Å². The highest BCUT2D eigenvalue weighted by Gasteiger charge is 2.62. The summed E-state index contributed by atoms with van der Waals surface area (Å²) in [6.45, 7) is 6.03. The molecular weight excluding hydrogens is 284 g/mol. The lowest BCUT2D eigenvalue weighted by atomic mass is 9.54. The number of benzene rings is 1. The molecule has 0 aromatic heterocycles. The van der Waals surface area contributed by atoms with E-state index in [2.05, 4.69) is 42.4 Å². The number of likely N-dealkylation sites (tertiary alicyclic amines) is 1. The molecule has 124 valence electrons. The van der Waals surface area contributed by atoms with Crippen molar-refractivity contribution in [3.05, 3.63) is 29.3 Å². The van der Waals surface area contributed by atoms with Gasteiger partial charge in [0, 0.05) is 31.0 Å². The highest BCUT2D eigenvalue weighted by molar-refractivity contribution is 5.44. The monoisotopic (exact) mass is 312 g/mol. The highest BCUT2D eigenvalue weighted by Crippen LogP contribution is 2.59. The van der Waals surface area contributed by atoms with Gasteiger partial charge in [-0.25, -0.2) is 0 Å². The van der Waals surface area contributed by atoms with Crippen LogP contribution in [0.25, 0.3) is 0 Å². The average molecular weight is 312 g/mol. The second kappa shape index (κ2) is 4.73. The van der Waals surface area contributed by atoms with Crippen molar-refractivity contribution in [2.45, 2.75) is 50.7 Å². The van der Waals surface area contributed by atoms with Crippen LogP contribution >= 0.6 is 0 Å². The van der Waals surface area contributed by atoms with Gasteiger partial charge in [-0.05, 0) is 62.4 Å². The van der Waals surface area contributed by atoms with Crippen molar-refractivity contribution in [2.24, 2.45) is 11.3 Å². The van der Waals surface area contributed by atoms with Gasteiger partial charge in [-0.1, -0.05) is 19.1 Å². The Bertz CT molecular complexity index is 619. The molecule has 3 heterocycles. The van der Waals surface area contributed by atoms with Crippen LogP contribution in [-0.2, 0) is 6.42 Å². The Hall–Kier alpha value is -1.06. The summed E-state index contributed by atoms with van der Waals surface area (Å²) >= 11 is 0. The molecule has 1 N–H and O–H groups in total. The lowest BCUT2D eigenvalue weighted by Gasteiger charge is -2.62. The molecule has 1 aliphatic carbocycles. The first-order valence-electron chi connectivity index (χ1n) is 9.29. The number of nitrogens with one attached hydrogen (secondary N) is 1. The van der Waals surface area contributed by atoms with E-state index >= 15 is 0 Å². The lowest BCUT2D eigenvalue weighted by Crippen LogP contribution is -2.68. The summed E-state index contributed by atoms with van der Waals surface area (Å²) in [4.78, 5) is 2.43. The van der Waals surface area contributed by atoms with Crippen molar-refractivity contribution in [1.82, 2.24) is 10.2 Å². The molecule has 3 heteroatoms. The molecule has 4 aliphatic rings. The Morgan fingerprint density at radius 1 is 1.22 bits per heavy atom. The summed E-state index contributed by atoms with van der Waals surface area (Å²) in [7, 11) is 2.23. The topological polar surface area (TPSA) is 24.5 Å². The molecule has 2 spiro atoms. The third-order valence-electron chi connectivity index (χ3n) is 6.59. The summed E-state index contributed by atoms with van der Waals surface area (Å²) in [5, 5.41) is 3.71. The van der Waals surface area contributed by atoms with Crippen molar-refractivity contribution in [3.63, 3.8) is 0 Å². The average Bonchev–Trinajstić information content (AvgIpc) is 2.84. The Labute approximate surface area is 139 Å². The first-order chi connectivity index (χ1) is 11.0. The van der Waals surface area contributed by atoms with E-state index in [-0.39, 0.29) is 5.60 Å². The second-order valence-corrected chi connectivity index (χ2v) is 9.00. The molecule has 3 nitrogen and oxygen atoms in total. The van der Waals surface area contributed by atoms with Crippen LogP contribution in [-0.4, -0.2) is 37.2 Å². The lowest BCUT2D eigenvalue weighted by molar-refractivity contribution is -0.161. The van der Waals surface area contributed by atoms with E-state index in [9.17, 15) is 0 Å². The van der Waals surface area contributed by atoms with Gasteiger partial charge in [0.1, 0.15) is 11.4 Å². The summed E-state index contributed by atoms with van der Waals surface area (Å²) < 4.78 is 6.42. The summed E-state index contributed by atoms with van der Waals surface area (Å²) in [5.74, 6) is 1.97. The van der Waals surface area contributed by atoms with E-state index in [0.29, 0.717) is 11.5 Å². The fourth-order valence-electron chi connectivity index (χ4n) is 5.79. The number of piperidine rings is 1. The van der Waals surface area contributed by atoms with Crippen molar-refractivity contribution >= 4 is 0 Å². The molecule has 0 bridgehead atoms. The van der Waals surface area contributed by atoms with Gasteiger partial charge in [-0.15, -0.1) is 0 Å². The maximum atomic E-state index is 6.42. The van der Waals surface area contributed by atoms with Crippen molar-refractivity contribution in [1.29, 1.82) is 0 Å². The largest absolute Gasteiger partial charge is 0.487 e. The van der Waals surface area contributed by atoms with Gasteiger partial charge in [0.2, 0.25) is 0 Å². The van der Waals surface area contributed by atoms with Crippen LogP contribution in [0, 0.1) is 11.3 Å². The van der Waals surface area contributed by atoms with E-state index in [0.717, 1.165) is 24.6 Å². The second-order valence-electron chi connectivity index (χ2n) is 9.00. The van der Waals surface area contributed by atoms with Crippen molar-refractivity contribution < 1.29 is 4.74 Å². The molecule has 1 saturated carbocycles. The van der Waals surface area contributed by atoms with E-state index in [1.54, 1.807) is 0 Å². The minimum absolute atomic E-state index is 0.136. The number of nitrogens with zero attached hydrogens (tertiary/aromatic N) is 1. The fraction of sp³-hybridized carbons (Fsp3) is 0.700. The molecule has 5 rings (SSSR count). The Morgan fingerprint density at radius 3 is 2.74 bits per heavy atom. The zero-order valence-corrected chi connectivity index (χ0v) is 14.4. The smallest absolute Gasteiger partial charge is 0.123 e. The SMILES string of the molecule is C[C@H]1CCC(c2ccc3c(c2)CC2(CC4(CN(C)C4)C2)O3)NC1. The van der Waals surface area contributed by atoms with Gasteiger partial charge in [-0.3, -0.25) is 0 Å². The van der Waals surface area contributed by atoms with Gasteiger partial charge >= 0.3 is 0 Å². The molecule has 0 amide bonds. The first-order valence-corrected chi connectivity index (χ1v) is 9.29. The maximum Gasteiger partial charge on any atom is 0.123 e. The predicted molar refractivity (Wildman–Crippen MR) is 91.8 cm³/mol. The zero-order valence-electron chi connectivity index (χ0n) is 14.4. The molecule has 1 aromatic rings. The number of rotatable bonds is 1. The fourth-order valence-corrected chi connectivity index (χ4v) is 5.79. The predicted octanol–water partition coefficient (Wildman–Crippen LogP) is 3.15. The van der Waals surface area contributed by atoms with Crippen LogP contribution in [0.5, 0.6) is 5.75 Å². The molecule has 1 unspecified atom stereocenters. The number of ether oxygens (including phenoxy) is 1. The van der Waals surface area contributed by atoms with E-state index in [1.165, 1.54) is 49.9 Å². The van der Waals surface area contributed by atoms with Crippen LogP contribution in [0.2, 0.25) is 0 Å². The van der Waals surface area contributed by atoms with Gasteiger partial charge in [0.15, 0.2) is 0 Å². The van der Waals surface area contributed by atoms with E-state index in [4.69, 9.17) is 4.74 Å². The van der Waals surface area contributed by atoms with Crippen molar-refractivity contribution in [2.75, 3.05) is 26.7 Å². The molecule has 1 aromatic carbocycles. The van der Waals surface area contributed by atoms with Crippen LogP contribution in [0.4, 0.5) is 0 Å². The highest BCUT2D eigenvalue weighted by atomic mass is 16.5. The zero-order chi connectivity index (χ0) is 15.7. The molecule has 23 heavy (non-hydrogen) atoms. The van der Waals surface area contributed by atoms with E-state index in [1.807, 2.05) is 0 Å². The molecule has 0 radical (unpaired) electrons. The molecule has 2 atom stereocenters. The summed E-state index contributed by atoms with van der Waals surface area (Å²) in [5.41, 5.74) is 3.64. The minimum Gasteiger partial charge on any atom is -0.487 e. The minimum atomic E-state index is 0.136. The van der Waals surface area contributed by atoms with Crippen LogP contribution in [0.3, 0.4) is 0 Å². The van der Waals surface area contributed by atoms with Gasteiger partial charge in [-0.2, -0.15) is 0 Å². The Kier molecular flexibility index (Phi) is 2.94. The van der Waals surface area contributed by atoms with Crippen LogP contribution in [0.1, 0.15) is 49.8 Å².